The highest BCUT2D eigenvalue weighted by atomic mass is 35.5. The van der Waals surface area contributed by atoms with Gasteiger partial charge in [0, 0.05) is 10.6 Å². The van der Waals surface area contributed by atoms with Gasteiger partial charge in [0.15, 0.2) is 5.78 Å². The van der Waals surface area contributed by atoms with E-state index in [0.717, 1.165) is 0 Å². The molecule has 0 saturated heterocycles. The van der Waals surface area contributed by atoms with Gasteiger partial charge < -0.3 is 4.74 Å². The van der Waals surface area contributed by atoms with Crippen molar-refractivity contribution in [3.05, 3.63) is 33.8 Å². The largest absolute Gasteiger partial charge is 0.465 e. The summed E-state index contributed by atoms with van der Waals surface area (Å²) in [5, 5.41) is 9.32. The molecule has 0 fully saturated rings. The molecule has 6 heteroatoms. The third-order valence-electron chi connectivity index (χ3n) is 2.11. The fourth-order valence-electron chi connectivity index (χ4n) is 1.29. The topological polar surface area (TPSA) is 67.2 Å². The summed E-state index contributed by atoms with van der Waals surface area (Å²) >= 11 is 11.5. The van der Waals surface area contributed by atoms with Crippen LogP contribution in [-0.4, -0.2) is 18.4 Å². The molecule has 4 nitrogen and oxygen atoms in total. The Bertz CT molecular complexity index is 523. The monoisotopic (exact) mass is 285 g/mol. The minimum absolute atomic E-state index is 0.0701. The lowest BCUT2D eigenvalue weighted by Gasteiger charge is -2.08. The van der Waals surface area contributed by atoms with Crippen LogP contribution in [-0.2, 0) is 9.53 Å². The van der Waals surface area contributed by atoms with Gasteiger partial charge in [0.05, 0.1) is 17.7 Å². The zero-order valence-corrected chi connectivity index (χ0v) is 11.0. The average molecular weight is 286 g/mol. The summed E-state index contributed by atoms with van der Waals surface area (Å²) in [5.41, 5.74) is 0.0701. The molecular weight excluding hydrogens is 277 g/mol. The number of carbonyl (C=O) groups is 2. The molecule has 0 aromatic heterocycles. The lowest BCUT2D eigenvalue weighted by atomic mass is 9.99. The van der Waals surface area contributed by atoms with E-state index in [1.807, 2.05) is 0 Å². The number of rotatable bonds is 4. The Balaban J connectivity index is 3.05. The van der Waals surface area contributed by atoms with Gasteiger partial charge in [-0.1, -0.05) is 23.2 Å². The van der Waals surface area contributed by atoms with Crippen LogP contribution in [0.5, 0.6) is 0 Å². The van der Waals surface area contributed by atoms with Crippen LogP contribution in [0.2, 0.25) is 10.0 Å². The van der Waals surface area contributed by atoms with Crippen LogP contribution < -0.4 is 0 Å². The van der Waals surface area contributed by atoms with E-state index < -0.39 is 17.7 Å². The third kappa shape index (κ3) is 3.22. The molecule has 1 aromatic rings. The molecule has 0 spiro atoms. The molecule has 0 aliphatic rings. The quantitative estimate of drug-likeness (QED) is 0.485. The second-order valence-electron chi connectivity index (χ2n) is 3.30. The molecule has 0 radical (unpaired) electrons. The predicted octanol–water partition coefficient (Wildman–Crippen LogP) is 2.88. The van der Waals surface area contributed by atoms with Gasteiger partial charge >= 0.3 is 5.97 Å². The van der Waals surface area contributed by atoms with Gasteiger partial charge in [-0.3, -0.25) is 9.59 Å². The number of ether oxygens (including phenoxy) is 1. The Kier molecular flexibility index (Phi) is 5.14. The third-order valence-corrected chi connectivity index (χ3v) is 2.66. The Morgan fingerprint density at radius 2 is 2.11 bits per heavy atom. The Morgan fingerprint density at radius 3 is 2.61 bits per heavy atom. The van der Waals surface area contributed by atoms with Crippen molar-refractivity contribution in [2.24, 2.45) is 5.92 Å². The van der Waals surface area contributed by atoms with Gasteiger partial charge in [0.2, 0.25) is 5.92 Å². The second-order valence-corrected chi connectivity index (χ2v) is 4.15. The van der Waals surface area contributed by atoms with Crippen LogP contribution >= 0.6 is 23.2 Å². The summed E-state index contributed by atoms with van der Waals surface area (Å²) in [6, 6.07) is 5.81. The van der Waals surface area contributed by atoms with Gasteiger partial charge in [-0.25, -0.2) is 0 Å². The number of Topliss-reactive ketones (excluding diaryl/α,β-unsaturated/α-hetero) is 1. The maximum absolute atomic E-state index is 12.0. The van der Waals surface area contributed by atoms with Crippen molar-refractivity contribution in [2.75, 3.05) is 6.61 Å². The highest BCUT2D eigenvalue weighted by molar-refractivity contribution is 6.37. The first kappa shape index (κ1) is 14.5. The number of nitrogens with zero attached hydrogens (tertiary/aromatic N) is 1. The standard InChI is InChI=1S/C12H9Cl2NO3/c1-2-18-12(17)9(6-15)11(16)8-4-3-7(13)5-10(8)14/h3-5,9H,2H2,1H3. The zero-order valence-electron chi connectivity index (χ0n) is 9.44. The minimum Gasteiger partial charge on any atom is -0.465 e. The molecule has 0 N–H and O–H groups in total. The fraction of sp³-hybridized carbons (Fsp3) is 0.250. The van der Waals surface area contributed by atoms with E-state index in [9.17, 15) is 9.59 Å². The molecule has 0 heterocycles. The van der Waals surface area contributed by atoms with E-state index in [-0.39, 0.29) is 17.2 Å². The van der Waals surface area contributed by atoms with Gasteiger partial charge in [-0.15, -0.1) is 0 Å². The smallest absolute Gasteiger partial charge is 0.331 e. The maximum atomic E-state index is 12.0. The van der Waals surface area contributed by atoms with Crippen molar-refractivity contribution in [2.45, 2.75) is 6.92 Å². The molecule has 1 unspecified atom stereocenters. The molecule has 0 bridgehead atoms. The second kappa shape index (κ2) is 6.39. The van der Waals surface area contributed by atoms with E-state index >= 15 is 0 Å². The van der Waals surface area contributed by atoms with Gasteiger partial charge in [0.1, 0.15) is 0 Å². The van der Waals surface area contributed by atoms with Crippen LogP contribution in [0.1, 0.15) is 17.3 Å². The molecule has 18 heavy (non-hydrogen) atoms. The van der Waals surface area contributed by atoms with Crippen molar-refractivity contribution in [3.63, 3.8) is 0 Å². The number of hydrogen-bond acceptors (Lipinski definition) is 4. The van der Waals surface area contributed by atoms with E-state index in [1.54, 1.807) is 13.0 Å². The molecule has 0 saturated carbocycles. The first-order valence-corrected chi connectivity index (χ1v) is 5.82. The molecule has 0 amide bonds. The van der Waals surface area contributed by atoms with Gasteiger partial charge in [-0.2, -0.15) is 5.26 Å². The maximum Gasteiger partial charge on any atom is 0.331 e. The number of hydrogen-bond donors (Lipinski definition) is 0. The SMILES string of the molecule is CCOC(=O)C(C#N)C(=O)c1ccc(Cl)cc1Cl. The van der Waals surface area contributed by atoms with Crippen molar-refractivity contribution >= 4 is 35.0 Å². The van der Waals surface area contributed by atoms with E-state index in [1.165, 1.54) is 18.2 Å². The summed E-state index contributed by atoms with van der Waals surface area (Å²) in [5.74, 6) is -3.09. The van der Waals surface area contributed by atoms with Gasteiger partial charge in [0.25, 0.3) is 0 Å². The van der Waals surface area contributed by atoms with Crippen molar-refractivity contribution < 1.29 is 14.3 Å². The van der Waals surface area contributed by atoms with Crippen LogP contribution in [0.3, 0.4) is 0 Å². The minimum atomic E-state index is -1.51. The van der Waals surface area contributed by atoms with Crippen molar-refractivity contribution in [1.29, 1.82) is 5.26 Å². The first-order valence-electron chi connectivity index (χ1n) is 5.06. The number of nitriles is 1. The van der Waals surface area contributed by atoms with E-state index in [4.69, 9.17) is 28.5 Å². The number of halogens is 2. The molecule has 1 rings (SSSR count). The van der Waals surface area contributed by atoms with E-state index in [2.05, 4.69) is 4.74 Å². The Morgan fingerprint density at radius 1 is 1.44 bits per heavy atom. The van der Waals surface area contributed by atoms with Crippen molar-refractivity contribution in [1.82, 2.24) is 0 Å². The lowest BCUT2D eigenvalue weighted by molar-refractivity contribution is -0.144. The molecule has 1 atom stereocenters. The highest BCUT2D eigenvalue weighted by Gasteiger charge is 2.30. The number of carbonyl (C=O) groups excluding carboxylic acids is 2. The Labute approximate surface area is 114 Å². The fourth-order valence-corrected chi connectivity index (χ4v) is 1.79. The predicted molar refractivity (Wildman–Crippen MR) is 66.5 cm³/mol. The first-order chi connectivity index (χ1) is 8.51. The highest BCUT2D eigenvalue weighted by Crippen LogP contribution is 2.23. The average Bonchev–Trinajstić information content (AvgIpc) is 2.29. The summed E-state index contributed by atoms with van der Waals surface area (Å²) in [7, 11) is 0. The molecule has 1 aromatic carbocycles. The van der Waals surface area contributed by atoms with Crippen LogP contribution in [0, 0.1) is 17.2 Å². The van der Waals surface area contributed by atoms with E-state index in [0.29, 0.717) is 5.02 Å². The lowest BCUT2D eigenvalue weighted by Crippen LogP contribution is -2.25. The molecule has 0 aliphatic carbocycles. The van der Waals surface area contributed by atoms with Gasteiger partial charge in [-0.05, 0) is 25.1 Å². The molecular formula is C12H9Cl2NO3. The summed E-state index contributed by atoms with van der Waals surface area (Å²) in [6.07, 6.45) is 0. The summed E-state index contributed by atoms with van der Waals surface area (Å²) in [6.45, 7) is 1.69. The number of ketones is 1. The number of benzene rings is 1. The molecule has 94 valence electrons. The normalized spacial score (nSPS) is 11.4. The summed E-state index contributed by atoms with van der Waals surface area (Å²) < 4.78 is 4.65. The molecule has 0 aliphatic heterocycles. The summed E-state index contributed by atoms with van der Waals surface area (Å²) in [4.78, 5) is 23.4. The van der Waals surface area contributed by atoms with Crippen LogP contribution in [0.4, 0.5) is 0 Å². The van der Waals surface area contributed by atoms with Crippen LogP contribution in [0.25, 0.3) is 0 Å². The van der Waals surface area contributed by atoms with Crippen LogP contribution in [0.15, 0.2) is 18.2 Å². The Hall–Kier alpha value is -1.57. The number of esters is 1. The zero-order chi connectivity index (χ0) is 13.7. The van der Waals surface area contributed by atoms with Crippen molar-refractivity contribution in [3.8, 4) is 6.07 Å².